The largest absolute Gasteiger partial charge is 0.359 e. The zero-order valence-electron chi connectivity index (χ0n) is 8.78. The highest BCUT2D eigenvalue weighted by Gasteiger charge is 2.25. The van der Waals surface area contributed by atoms with Crippen molar-refractivity contribution in [2.75, 3.05) is 19.6 Å². The number of hydrogen-bond donors (Lipinski definition) is 2. The SMILES string of the molecule is NC[C@H]1CCCN1CC(=O)c1ccc[nH]1. The number of hydrogen-bond acceptors (Lipinski definition) is 3. The number of carbonyl (C=O) groups is 1. The molecule has 1 fully saturated rings. The van der Waals surface area contributed by atoms with Gasteiger partial charge in [0, 0.05) is 18.8 Å². The van der Waals surface area contributed by atoms with Gasteiger partial charge in [-0.2, -0.15) is 0 Å². The van der Waals surface area contributed by atoms with Gasteiger partial charge in [-0.15, -0.1) is 0 Å². The zero-order valence-corrected chi connectivity index (χ0v) is 8.78. The summed E-state index contributed by atoms with van der Waals surface area (Å²) in [4.78, 5) is 16.9. The van der Waals surface area contributed by atoms with Gasteiger partial charge in [0.1, 0.15) is 0 Å². The summed E-state index contributed by atoms with van der Waals surface area (Å²) in [5.74, 6) is 0.153. The first-order valence-corrected chi connectivity index (χ1v) is 5.42. The fourth-order valence-corrected chi connectivity index (χ4v) is 2.14. The number of nitrogens with two attached hydrogens (primary N) is 1. The van der Waals surface area contributed by atoms with E-state index >= 15 is 0 Å². The van der Waals surface area contributed by atoms with Crippen LogP contribution in [0.15, 0.2) is 18.3 Å². The molecular weight excluding hydrogens is 190 g/mol. The maximum Gasteiger partial charge on any atom is 0.192 e. The summed E-state index contributed by atoms with van der Waals surface area (Å²) in [6, 6.07) is 4.05. The Morgan fingerprint density at radius 1 is 1.67 bits per heavy atom. The number of aromatic nitrogens is 1. The molecule has 2 rings (SSSR count). The summed E-state index contributed by atoms with van der Waals surface area (Å²) in [5.41, 5.74) is 6.35. The van der Waals surface area contributed by atoms with Crippen LogP contribution in [-0.4, -0.2) is 41.3 Å². The van der Waals surface area contributed by atoms with Crippen LogP contribution in [0.4, 0.5) is 0 Å². The number of nitrogens with one attached hydrogen (secondary N) is 1. The van der Waals surface area contributed by atoms with Crippen molar-refractivity contribution >= 4 is 5.78 Å². The molecule has 0 spiro atoms. The van der Waals surface area contributed by atoms with Crippen LogP contribution in [0.25, 0.3) is 0 Å². The highest BCUT2D eigenvalue weighted by atomic mass is 16.1. The number of rotatable bonds is 4. The second-order valence-electron chi connectivity index (χ2n) is 4.01. The average Bonchev–Trinajstić information content (AvgIpc) is 2.87. The Morgan fingerprint density at radius 3 is 3.20 bits per heavy atom. The maximum atomic E-state index is 11.8. The second-order valence-corrected chi connectivity index (χ2v) is 4.01. The van der Waals surface area contributed by atoms with Crippen LogP contribution in [0.1, 0.15) is 23.3 Å². The van der Waals surface area contributed by atoms with Crippen LogP contribution in [0, 0.1) is 0 Å². The fourth-order valence-electron chi connectivity index (χ4n) is 2.14. The Kier molecular flexibility index (Phi) is 3.18. The third-order valence-corrected chi connectivity index (χ3v) is 3.02. The van der Waals surface area contributed by atoms with Crippen LogP contribution in [0.3, 0.4) is 0 Å². The number of carbonyl (C=O) groups excluding carboxylic acids is 1. The van der Waals surface area contributed by atoms with Gasteiger partial charge in [0.2, 0.25) is 0 Å². The van der Waals surface area contributed by atoms with Crippen molar-refractivity contribution in [1.29, 1.82) is 0 Å². The van der Waals surface area contributed by atoms with E-state index in [9.17, 15) is 4.79 Å². The predicted molar refractivity (Wildman–Crippen MR) is 58.8 cm³/mol. The minimum absolute atomic E-state index is 0.153. The lowest BCUT2D eigenvalue weighted by molar-refractivity contribution is 0.0919. The van der Waals surface area contributed by atoms with E-state index in [2.05, 4.69) is 9.88 Å². The molecule has 1 atom stereocenters. The minimum Gasteiger partial charge on any atom is -0.359 e. The standard InChI is InChI=1S/C11H17N3O/c12-7-9-3-2-6-14(9)8-11(15)10-4-1-5-13-10/h1,4-5,9,13H,2-3,6-8,12H2/t9-/m1/s1. The predicted octanol–water partition coefficient (Wildman–Crippen LogP) is 0.620. The fraction of sp³-hybridized carbons (Fsp3) is 0.545. The molecule has 0 saturated carbocycles. The minimum atomic E-state index is 0.153. The Morgan fingerprint density at radius 2 is 2.53 bits per heavy atom. The molecule has 0 amide bonds. The van der Waals surface area contributed by atoms with E-state index in [1.165, 1.54) is 0 Å². The topological polar surface area (TPSA) is 62.1 Å². The van der Waals surface area contributed by atoms with Gasteiger partial charge in [-0.05, 0) is 31.5 Å². The lowest BCUT2D eigenvalue weighted by Gasteiger charge is -2.21. The van der Waals surface area contributed by atoms with Gasteiger partial charge in [0.25, 0.3) is 0 Å². The van der Waals surface area contributed by atoms with Crippen molar-refractivity contribution in [2.45, 2.75) is 18.9 Å². The number of H-pyrrole nitrogens is 1. The van der Waals surface area contributed by atoms with Gasteiger partial charge < -0.3 is 10.7 Å². The monoisotopic (exact) mass is 207 g/mol. The molecule has 1 aliphatic heterocycles. The Labute approximate surface area is 89.5 Å². The quantitative estimate of drug-likeness (QED) is 0.711. The Balaban J connectivity index is 1.94. The van der Waals surface area contributed by atoms with E-state index in [-0.39, 0.29) is 5.78 Å². The third kappa shape index (κ3) is 2.27. The molecule has 2 heterocycles. The highest BCUT2D eigenvalue weighted by Crippen LogP contribution is 2.16. The van der Waals surface area contributed by atoms with Crippen molar-refractivity contribution < 1.29 is 4.79 Å². The molecule has 0 bridgehead atoms. The van der Waals surface area contributed by atoms with Gasteiger partial charge in [-0.25, -0.2) is 0 Å². The van der Waals surface area contributed by atoms with E-state index in [4.69, 9.17) is 5.73 Å². The van der Waals surface area contributed by atoms with Crippen molar-refractivity contribution in [1.82, 2.24) is 9.88 Å². The van der Waals surface area contributed by atoms with Crippen LogP contribution in [-0.2, 0) is 0 Å². The number of likely N-dealkylation sites (tertiary alicyclic amines) is 1. The van der Waals surface area contributed by atoms with Crippen molar-refractivity contribution in [3.8, 4) is 0 Å². The molecule has 1 aromatic heterocycles. The number of ketones is 1. The molecule has 4 heteroatoms. The van der Waals surface area contributed by atoms with Crippen molar-refractivity contribution in [3.05, 3.63) is 24.0 Å². The zero-order chi connectivity index (χ0) is 10.7. The molecule has 0 radical (unpaired) electrons. The molecule has 1 aromatic rings. The molecule has 1 aliphatic rings. The molecule has 1 saturated heterocycles. The Hall–Kier alpha value is -1.13. The van der Waals surface area contributed by atoms with Crippen molar-refractivity contribution in [2.24, 2.45) is 5.73 Å². The Bertz CT molecular complexity index is 321. The normalized spacial score (nSPS) is 22.1. The first kappa shape index (κ1) is 10.4. The number of Topliss-reactive ketones (excluding diaryl/α,β-unsaturated/α-hetero) is 1. The lowest BCUT2D eigenvalue weighted by atomic mass is 10.2. The van der Waals surface area contributed by atoms with Gasteiger partial charge in [0.15, 0.2) is 5.78 Å². The second kappa shape index (κ2) is 4.59. The summed E-state index contributed by atoms with van der Waals surface area (Å²) < 4.78 is 0. The third-order valence-electron chi connectivity index (χ3n) is 3.02. The highest BCUT2D eigenvalue weighted by molar-refractivity contribution is 5.95. The van der Waals surface area contributed by atoms with Crippen LogP contribution >= 0.6 is 0 Å². The molecule has 0 aliphatic carbocycles. The van der Waals surface area contributed by atoms with Gasteiger partial charge in [0.05, 0.1) is 12.2 Å². The van der Waals surface area contributed by atoms with Crippen LogP contribution < -0.4 is 5.73 Å². The van der Waals surface area contributed by atoms with E-state index in [0.717, 1.165) is 19.4 Å². The van der Waals surface area contributed by atoms with E-state index in [1.54, 1.807) is 6.20 Å². The first-order valence-electron chi connectivity index (χ1n) is 5.42. The molecule has 0 aromatic carbocycles. The van der Waals surface area contributed by atoms with Gasteiger partial charge >= 0.3 is 0 Å². The molecule has 4 nitrogen and oxygen atoms in total. The maximum absolute atomic E-state index is 11.8. The molecular formula is C11H17N3O. The molecule has 3 N–H and O–H groups in total. The molecule has 15 heavy (non-hydrogen) atoms. The molecule has 82 valence electrons. The number of aromatic amines is 1. The summed E-state index contributed by atoms with van der Waals surface area (Å²) >= 11 is 0. The number of nitrogens with zero attached hydrogens (tertiary/aromatic N) is 1. The van der Waals surface area contributed by atoms with Gasteiger partial charge in [-0.3, -0.25) is 9.69 Å². The van der Waals surface area contributed by atoms with Crippen LogP contribution in [0.2, 0.25) is 0 Å². The first-order chi connectivity index (χ1) is 7.31. The van der Waals surface area contributed by atoms with E-state index < -0.39 is 0 Å². The summed E-state index contributed by atoms with van der Waals surface area (Å²) in [7, 11) is 0. The smallest absolute Gasteiger partial charge is 0.192 e. The van der Waals surface area contributed by atoms with E-state index in [1.807, 2.05) is 12.1 Å². The summed E-state index contributed by atoms with van der Waals surface area (Å²) in [5, 5.41) is 0. The summed E-state index contributed by atoms with van der Waals surface area (Å²) in [6.45, 7) is 2.13. The van der Waals surface area contributed by atoms with Crippen LogP contribution in [0.5, 0.6) is 0 Å². The molecule has 0 unspecified atom stereocenters. The van der Waals surface area contributed by atoms with Crippen molar-refractivity contribution in [3.63, 3.8) is 0 Å². The van der Waals surface area contributed by atoms with E-state index in [0.29, 0.717) is 24.8 Å². The summed E-state index contributed by atoms with van der Waals surface area (Å²) in [6.07, 6.45) is 4.05. The lowest BCUT2D eigenvalue weighted by Crippen LogP contribution is -2.38. The average molecular weight is 207 g/mol. The van der Waals surface area contributed by atoms with Gasteiger partial charge in [-0.1, -0.05) is 0 Å².